The minimum atomic E-state index is -1.31. The van der Waals surface area contributed by atoms with Crippen LogP contribution >= 0.6 is 0 Å². The van der Waals surface area contributed by atoms with Crippen LogP contribution in [0.1, 0.15) is 46.0 Å². The van der Waals surface area contributed by atoms with Crippen molar-refractivity contribution in [1.82, 2.24) is 5.32 Å². The highest BCUT2D eigenvalue weighted by Crippen LogP contribution is 2.21. The fraction of sp³-hybridized carbons (Fsp3) is 0.933. The second-order valence-corrected chi connectivity index (χ2v) is 5.71. The molecule has 0 bridgehead atoms. The fourth-order valence-corrected chi connectivity index (χ4v) is 2.32. The lowest BCUT2D eigenvalue weighted by Gasteiger charge is -2.38. The summed E-state index contributed by atoms with van der Waals surface area (Å²) in [6.45, 7) is 4.19. The summed E-state index contributed by atoms with van der Waals surface area (Å²) in [6.07, 6.45) is -0.669. The quantitative estimate of drug-likeness (QED) is 0.443. The van der Waals surface area contributed by atoms with Gasteiger partial charge in [-0.05, 0) is 13.3 Å². The Hall–Kier alpha value is -0.730. The molecular weight excluding hydrogens is 290 g/mol. The normalized spacial score (nSPS) is 32.0. The van der Waals surface area contributed by atoms with E-state index in [-0.39, 0.29) is 12.5 Å². The molecule has 4 N–H and O–H groups in total. The predicted molar refractivity (Wildman–Crippen MR) is 80.1 cm³/mol. The van der Waals surface area contributed by atoms with E-state index in [9.17, 15) is 20.1 Å². The zero-order valence-corrected chi connectivity index (χ0v) is 13.4. The lowest BCUT2D eigenvalue weighted by atomic mass is 10.0. The minimum Gasteiger partial charge on any atom is -0.388 e. The van der Waals surface area contributed by atoms with Crippen LogP contribution in [0.15, 0.2) is 0 Å². The Morgan fingerprint density at radius 1 is 1.14 bits per heavy atom. The Labute approximate surface area is 131 Å². The molecule has 0 unspecified atom stereocenters. The summed E-state index contributed by atoms with van der Waals surface area (Å²) in [6, 6.07) is 0. The second kappa shape index (κ2) is 10.1. The number of carbonyl (C=O) groups is 1. The van der Waals surface area contributed by atoms with E-state index in [1.807, 2.05) is 0 Å². The molecule has 5 atom stereocenters. The Balaban J connectivity index is 2.15. The molecule has 1 amide bonds. The van der Waals surface area contributed by atoms with E-state index in [2.05, 4.69) is 12.2 Å². The van der Waals surface area contributed by atoms with Crippen molar-refractivity contribution < 1.29 is 29.6 Å². The van der Waals surface area contributed by atoms with Crippen molar-refractivity contribution in [2.24, 2.45) is 0 Å². The smallest absolute Gasteiger partial charge is 0.220 e. The molecule has 0 aromatic heterocycles. The van der Waals surface area contributed by atoms with Crippen molar-refractivity contribution in [3.05, 3.63) is 0 Å². The highest BCUT2D eigenvalue weighted by atomic mass is 16.7. The van der Waals surface area contributed by atoms with Crippen LogP contribution in [-0.2, 0) is 14.3 Å². The molecule has 1 rings (SSSR count). The van der Waals surface area contributed by atoms with Gasteiger partial charge >= 0.3 is 0 Å². The molecule has 1 fully saturated rings. The number of nitrogens with one attached hydrogen (secondary N) is 1. The van der Waals surface area contributed by atoms with E-state index >= 15 is 0 Å². The second-order valence-electron chi connectivity index (χ2n) is 5.71. The van der Waals surface area contributed by atoms with Gasteiger partial charge in [0.25, 0.3) is 0 Å². The third-order valence-corrected chi connectivity index (χ3v) is 3.77. The first-order valence-electron chi connectivity index (χ1n) is 8.05. The van der Waals surface area contributed by atoms with Gasteiger partial charge in [-0.3, -0.25) is 4.79 Å². The van der Waals surface area contributed by atoms with E-state index < -0.39 is 30.7 Å². The van der Waals surface area contributed by atoms with Gasteiger partial charge in [-0.1, -0.05) is 26.2 Å². The fourth-order valence-electron chi connectivity index (χ4n) is 2.32. The Kier molecular flexibility index (Phi) is 8.89. The van der Waals surface area contributed by atoms with Crippen LogP contribution in [0.4, 0.5) is 0 Å². The maximum absolute atomic E-state index is 11.5. The lowest BCUT2D eigenvalue weighted by molar-refractivity contribution is -0.292. The number of aliphatic hydroxyl groups is 3. The number of rotatable bonds is 9. The van der Waals surface area contributed by atoms with Crippen molar-refractivity contribution in [2.45, 2.75) is 76.7 Å². The largest absolute Gasteiger partial charge is 0.388 e. The Morgan fingerprint density at radius 2 is 1.86 bits per heavy atom. The van der Waals surface area contributed by atoms with Crippen LogP contribution in [0.2, 0.25) is 0 Å². The highest BCUT2D eigenvalue weighted by Gasteiger charge is 2.42. The third-order valence-electron chi connectivity index (χ3n) is 3.77. The summed E-state index contributed by atoms with van der Waals surface area (Å²) >= 11 is 0. The highest BCUT2D eigenvalue weighted by molar-refractivity contribution is 5.75. The molecule has 0 saturated carbocycles. The van der Waals surface area contributed by atoms with Crippen LogP contribution in [0.3, 0.4) is 0 Å². The van der Waals surface area contributed by atoms with Crippen molar-refractivity contribution in [2.75, 3.05) is 13.2 Å². The first kappa shape index (κ1) is 19.3. The van der Waals surface area contributed by atoms with Gasteiger partial charge in [0.1, 0.15) is 18.3 Å². The lowest BCUT2D eigenvalue weighted by Crippen LogP contribution is -2.57. The summed E-state index contributed by atoms with van der Waals surface area (Å²) < 4.78 is 10.6. The van der Waals surface area contributed by atoms with Gasteiger partial charge in [0, 0.05) is 13.0 Å². The van der Waals surface area contributed by atoms with E-state index in [0.29, 0.717) is 13.0 Å². The molecule has 0 aromatic rings. The van der Waals surface area contributed by atoms with Crippen LogP contribution in [0, 0.1) is 0 Å². The van der Waals surface area contributed by atoms with E-state index in [4.69, 9.17) is 9.47 Å². The molecule has 0 spiro atoms. The summed E-state index contributed by atoms with van der Waals surface area (Å²) in [7, 11) is 0. The average Bonchev–Trinajstić information content (AvgIpc) is 2.50. The Bertz CT molecular complexity index is 327. The summed E-state index contributed by atoms with van der Waals surface area (Å²) in [5, 5.41) is 31.7. The van der Waals surface area contributed by atoms with Crippen molar-refractivity contribution in [3.8, 4) is 0 Å². The predicted octanol–water partition coefficient (Wildman–Crippen LogP) is -0.0829. The first-order valence-corrected chi connectivity index (χ1v) is 8.05. The number of aliphatic hydroxyl groups excluding tert-OH is 3. The van der Waals surface area contributed by atoms with Crippen LogP contribution in [-0.4, -0.2) is 65.1 Å². The maximum atomic E-state index is 11.5. The van der Waals surface area contributed by atoms with Gasteiger partial charge < -0.3 is 30.1 Å². The van der Waals surface area contributed by atoms with Crippen LogP contribution in [0.5, 0.6) is 0 Å². The molecule has 1 aliphatic rings. The molecule has 1 heterocycles. The van der Waals surface area contributed by atoms with Crippen LogP contribution < -0.4 is 5.32 Å². The van der Waals surface area contributed by atoms with Gasteiger partial charge in [-0.2, -0.15) is 0 Å². The van der Waals surface area contributed by atoms with Gasteiger partial charge in [-0.15, -0.1) is 0 Å². The monoisotopic (exact) mass is 319 g/mol. The summed E-state index contributed by atoms with van der Waals surface area (Å²) in [4.78, 5) is 11.5. The van der Waals surface area contributed by atoms with Gasteiger partial charge in [0.2, 0.25) is 5.91 Å². The third kappa shape index (κ3) is 6.18. The molecule has 22 heavy (non-hydrogen) atoms. The van der Waals surface area contributed by atoms with E-state index in [0.717, 1.165) is 25.7 Å². The number of hydrogen-bond acceptors (Lipinski definition) is 6. The van der Waals surface area contributed by atoms with Crippen molar-refractivity contribution in [3.63, 3.8) is 0 Å². The molecule has 130 valence electrons. The molecule has 1 saturated heterocycles. The van der Waals surface area contributed by atoms with E-state index in [1.54, 1.807) is 6.92 Å². The van der Waals surface area contributed by atoms with Gasteiger partial charge in [0.15, 0.2) is 6.29 Å². The molecule has 7 heteroatoms. The van der Waals surface area contributed by atoms with Crippen molar-refractivity contribution >= 4 is 5.91 Å². The molecule has 0 aliphatic carbocycles. The topological polar surface area (TPSA) is 108 Å². The SMILES string of the molecule is CCCCCCC(=O)NCCO[C@@H]1O[C@@H](C)[C@@H](O)[C@@H](O)[C@@H]1O. The number of amides is 1. The molecule has 1 aliphatic heterocycles. The maximum Gasteiger partial charge on any atom is 0.220 e. The van der Waals surface area contributed by atoms with Gasteiger partial charge in [0.05, 0.1) is 12.7 Å². The minimum absolute atomic E-state index is 0.0198. The number of ether oxygens (including phenoxy) is 2. The number of carbonyl (C=O) groups excluding carboxylic acids is 1. The zero-order chi connectivity index (χ0) is 16.5. The van der Waals surface area contributed by atoms with Crippen LogP contribution in [0.25, 0.3) is 0 Å². The first-order chi connectivity index (χ1) is 10.5. The molecule has 7 nitrogen and oxygen atoms in total. The number of unbranched alkanes of at least 4 members (excludes halogenated alkanes) is 3. The summed E-state index contributed by atoms with van der Waals surface area (Å²) in [5.74, 6) is -0.0198. The van der Waals surface area contributed by atoms with E-state index in [1.165, 1.54) is 0 Å². The van der Waals surface area contributed by atoms with Gasteiger partial charge in [-0.25, -0.2) is 0 Å². The average molecular weight is 319 g/mol. The molecular formula is C15H29NO6. The standard InChI is InChI=1S/C15H29NO6/c1-3-4-5-6-7-11(17)16-8-9-21-15-14(20)13(19)12(18)10(2)22-15/h10,12-15,18-20H,3-9H2,1-2H3,(H,16,17)/t10-,12+,13+,14-,15+/m0/s1. The summed E-state index contributed by atoms with van der Waals surface area (Å²) in [5.41, 5.74) is 0. The Morgan fingerprint density at radius 3 is 2.55 bits per heavy atom. The number of hydrogen-bond donors (Lipinski definition) is 4. The zero-order valence-electron chi connectivity index (χ0n) is 13.4. The molecule has 0 radical (unpaired) electrons. The molecule has 0 aromatic carbocycles. The van der Waals surface area contributed by atoms with Crippen molar-refractivity contribution in [1.29, 1.82) is 0 Å².